The van der Waals surface area contributed by atoms with Crippen molar-refractivity contribution < 1.29 is 29.0 Å². The summed E-state index contributed by atoms with van der Waals surface area (Å²) in [7, 11) is 0. The van der Waals surface area contributed by atoms with Crippen LogP contribution in [0.15, 0.2) is 107 Å². The molecule has 1 saturated heterocycles. The number of allylic oxidation sites excluding steroid dienone is 17. The summed E-state index contributed by atoms with van der Waals surface area (Å²) < 4.78 is 12.0. The van der Waals surface area contributed by atoms with E-state index in [-0.39, 0.29) is 46.7 Å². The zero-order valence-corrected chi connectivity index (χ0v) is 39.5. The van der Waals surface area contributed by atoms with Crippen molar-refractivity contribution >= 4 is 17.5 Å². The lowest BCUT2D eigenvalue weighted by atomic mass is 9.63. The molecule has 2 rings (SSSR count). The van der Waals surface area contributed by atoms with Crippen LogP contribution in [0.3, 0.4) is 0 Å². The van der Waals surface area contributed by atoms with Gasteiger partial charge in [0.15, 0.2) is 5.78 Å². The minimum Gasteiger partial charge on any atom is -0.462 e. The molecule has 0 unspecified atom stereocenters. The first-order chi connectivity index (χ1) is 28.3. The number of aliphatic hydroxyl groups is 1. The van der Waals surface area contributed by atoms with Gasteiger partial charge in [0.1, 0.15) is 23.1 Å². The van der Waals surface area contributed by atoms with E-state index in [0.29, 0.717) is 19.3 Å². The third-order valence-corrected chi connectivity index (χ3v) is 12.1. The Balaban J connectivity index is 1.80. The van der Waals surface area contributed by atoms with Crippen LogP contribution in [-0.4, -0.2) is 46.1 Å². The Bertz CT molecular complexity index is 1670. The maximum absolute atomic E-state index is 13.3. The molecule has 1 aliphatic heterocycles. The molecule has 0 spiro atoms. The van der Waals surface area contributed by atoms with Gasteiger partial charge in [0.25, 0.3) is 0 Å². The molecule has 0 aromatic heterocycles. The molecule has 0 bridgehead atoms. The second kappa shape index (κ2) is 26.0. The molecule has 0 amide bonds. The summed E-state index contributed by atoms with van der Waals surface area (Å²) in [6.45, 7) is 22.1. The summed E-state index contributed by atoms with van der Waals surface area (Å²) in [5.41, 5.74) is 2.76. The van der Waals surface area contributed by atoms with Crippen LogP contribution >= 0.6 is 0 Å². The molecule has 1 aliphatic carbocycles. The fraction of sp³-hybridized carbons (Fsp3) is 0.611. The smallest absolute Gasteiger partial charge is 0.306 e. The largest absolute Gasteiger partial charge is 0.462 e. The summed E-state index contributed by atoms with van der Waals surface area (Å²) >= 11 is 0. The number of carbonyl (C=O) groups excluding carboxylic acids is 3. The molecule has 6 nitrogen and oxygen atoms in total. The van der Waals surface area contributed by atoms with Crippen molar-refractivity contribution in [3.05, 3.63) is 107 Å². The predicted octanol–water partition coefficient (Wildman–Crippen LogP) is 13.8. The Morgan fingerprint density at radius 2 is 1.17 bits per heavy atom. The Morgan fingerprint density at radius 1 is 0.683 bits per heavy atom. The molecular weight excluding hydrogens is 745 g/mol. The molecule has 1 saturated carbocycles. The Hall–Kier alpha value is -3.61. The van der Waals surface area contributed by atoms with Crippen LogP contribution in [0, 0.1) is 10.8 Å². The highest BCUT2D eigenvalue weighted by Crippen LogP contribution is 2.66. The minimum atomic E-state index is -0.794. The van der Waals surface area contributed by atoms with Crippen molar-refractivity contribution in [2.45, 2.75) is 202 Å². The average molecular weight is 827 g/mol. The van der Waals surface area contributed by atoms with Crippen LogP contribution in [0.5, 0.6) is 0 Å². The van der Waals surface area contributed by atoms with Crippen LogP contribution < -0.4 is 0 Å². The van der Waals surface area contributed by atoms with Crippen LogP contribution in [0.1, 0.15) is 179 Å². The third-order valence-electron chi connectivity index (χ3n) is 12.1. The van der Waals surface area contributed by atoms with Gasteiger partial charge in [0.2, 0.25) is 0 Å². The SMILES string of the molecule is CCCCCCCCCCCCCC(=O)O[C@H](CC(C)=O)CC(C)(C)C(=O)/C=C/C(C)=C/C=C/C(C)=C/C=C/C=C(C)/C=C/C=C(C)\C=C\[C@@]12O[C@]1(C)C[C@@H](O)CC2(C)C. The van der Waals surface area contributed by atoms with Crippen LogP contribution in [0.2, 0.25) is 0 Å². The van der Waals surface area contributed by atoms with E-state index < -0.39 is 11.5 Å². The molecule has 1 heterocycles. The standard InChI is InChI=1S/C54H82O6/c1-12-13-14-15-16-17-18-19-20-21-22-33-50(58)59-48(38-46(6)55)41-51(7,8)49(57)35-34-44(4)31-25-29-42(2)27-23-24-28-43(3)30-26-32-45(5)36-37-54-52(9,10)39-47(56)40-53(54,11)60-54/h23-32,34-37,47-48,56H,12-22,33,38-41H2,1-11H3/b24-23+,29-25+,30-26+,35-34+,37-36+,42-27+,43-28+,44-31+,45-32-/t47-,48+,53+,54-/m0/s1. The molecule has 2 fully saturated rings. The number of hydrogen-bond acceptors (Lipinski definition) is 6. The van der Waals surface area contributed by atoms with Crippen molar-refractivity contribution in [3.8, 4) is 0 Å². The Labute approximate surface area is 365 Å². The van der Waals surface area contributed by atoms with Crippen LogP contribution in [0.4, 0.5) is 0 Å². The first kappa shape index (κ1) is 52.5. The van der Waals surface area contributed by atoms with Crippen molar-refractivity contribution in [1.82, 2.24) is 0 Å². The normalized spacial score (nSPS) is 23.4. The van der Waals surface area contributed by atoms with Gasteiger partial charge in [0, 0.05) is 30.1 Å². The van der Waals surface area contributed by atoms with Gasteiger partial charge in [-0.15, -0.1) is 0 Å². The highest BCUT2D eigenvalue weighted by molar-refractivity contribution is 5.94. The Kier molecular flexibility index (Phi) is 22.8. The predicted molar refractivity (Wildman–Crippen MR) is 252 cm³/mol. The molecule has 2 aliphatic rings. The second-order valence-corrected chi connectivity index (χ2v) is 19.2. The van der Waals surface area contributed by atoms with Gasteiger partial charge < -0.3 is 14.6 Å². The van der Waals surface area contributed by atoms with Crippen molar-refractivity contribution in [2.75, 3.05) is 0 Å². The molecular formula is C54H82O6. The van der Waals surface area contributed by atoms with E-state index in [0.717, 1.165) is 48.0 Å². The third kappa shape index (κ3) is 19.0. The second-order valence-electron chi connectivity index (χ2n) is 19.2. The van der Waals surface area contributed by atoms with Crippen molar-refractivity contribution in [1.29, 1.82) is 0 Å². The number of epoxide rings is 1. The van der Waals surface area contributed by atoms with Crippen LogP contribution in [0.25, 0.3) is 0 Å². The topological polar surface area (TPSA) is 93.2 Å². The minimum absolute atomic E-state index is 0.0575. The van der Waals surface area contributed by atoms with Gasteiger partial charge in [-0.2, -0.15) is 0 Å². The zero-order valence-electron chi connectivity index (χ0n) is 39.5. The number of fused-ring (bicyclic) bond motifs is 1. The number of hydrogen-bond donors (Lipinski definition) is 1. The summed E-state index contributed by atoms with van der Waals surface area (Å²) in [5, 5.41) is 10.3. The molecule has 60 heavy (non-hydrogen) atoms. The molecule has 0 radical (unpaired) electrons. The molecule has 334 valence electrons. The van der Waals surface area contributed by atoms with E-state index in [9.17, 15) is 19.5 Å². The van der Waals surface area contributed by atoms with E-state index in [1.165, 1.54) is 58.3 Å². The van der Waals surface area contributed by atoms with E-state index in [2.05, 4.69) is 78.0 Å². The first-order valence-corrected chi connectivity index (χ1v) is 23.0. The molecule has 0 aromatic rings. The van der Waals surface area contributed by atoms with E-state index in [4.69, 9.17) is 9.47 Å². The maximum Gasteiger partial charge on any atom is 0.306 e. The molecule has 4 atom stereocenters. The van der Waals surface area contributed by atoms with Crippen LogP contribution in [-0.2, 0) is 23.9 Å². The van der Waals surface area contributed by atoms with E-state index in [1.54, 1.807) is 12.2 Å². The van der Waals surface area contributed by atoms with Crippen molar-refractivity contribution in [2.24, 2.45) is 10.8 Å². The first-order valence-electron chi connectivity index (χ1n) is 23.0. The van der Waals surface area contributed by atoms with Gasteiger partial charge in [0.05, 0.1) is 6.10 Å². The number of esters is 1. The lowest BCUT2D eigenvalue weighted by molar-refractivity contribution is -0.152. The monoisotopic (exact) mass is 827 g/mol. The number of carbonyl (C=O) groups is 3. The van der Waals surface area contributed by atoms with Gasteiger partial charge in [-0.25, -0.2) is 0 Å². The van der Waals surface area contributed by atoms with E-state index in [1.807, 2.05) is 64.2 Å². The quantitative estimate of drug-likeness (QED) is 0.0278. The average Bonchev–Trinajstić information content (AvgIpc) is 3.78. The Morgan fingerprint density at radius 3 is 1.68 bits per heavy atom. The summed E-state index contributed by atoms with van der Waals surface area (Å²) in [6.07, 6.45) is 42.6. The molecule has 0 aromatic carbocycles. The fourth-order valence-electron chi connectivity index (χ4n) is 8.42. The molecule has 1 N–H and O–H groups in total. The summed E-state index contributed by atoms with van der Waals surface area (Å²) in [5.74, 6) is -0.413. The number of ketones is 2. The van der Waals surface area contributed by atoms with Gasteiger partial charge in [-0.1, -0.05) is 194 Å². The zero-order chi connectivity index (χ0) is 44.8. The van der Waals surface area contributed by atoms with Gasteiger partial charge in [-0.3, -0.25) is 14.4 Å². The van der Waals surface area contributed by atoms with Crippen molar-refractivity contribution in [3.63, 3.8) is 0 Å². The van der Waals surface area contributed by atoms with E-state index >= 15 is 0 Å². The number of Topliss-reactive ketones (excluding diaryl/α,β-unsaturated/α-hetero) is 1. The number of ether oxygens (including phenoxy) is 2. The van der Waals surface area contributed by atoms with Gasteiger partial charge in [-0.05, 0) is 73.0 Å². The summed E-state index contributed by atoms with van der Waals surface area (Å²) in [4.78, 5) is 38.0. The van der Waals surface area contributed by atoms with Gasteiger partial charge >= 0.3 is 5.97 Å². The highest BCUT2D eigenvalue weighted by Gasteiger charge is 2.74. The highest BCUT2D eigenvalue weighted by atomic mass is 16.6. The lowest BCUT2D eigenvalue weighted by Gasteiger charge is -2.39. The number of rotatable bonds is 28. The number of unbranched alkanes of at least 4 members (excludes halogenated alkanes) is 10. The maximum atomic E-state index is 13.3. The number of aliphatic hydroxyl groups excluding tert-OH is 1. The molecule has 6 heteroatoms. The lowest BCUT2D eigenvalue weighted by Crippen LogP contribution is -2.46. The summed E-state index contributed by atoms with van der Waals surface area (Å²) in [6, 6.07) is 0. The fourth-order valence-corrected chi connectivity index (χ4v) is 8.42.